The molecule has 0 saturated carbocycles. The van der Waals surface area contributed by atoms with Crippen LogP contribution in [0.2, 0.25) is 10.0 Å². The third kappa shape index (κ3) is 8.33. The maximum Gasteiger partial charge on any atom is 0.224 e. The molecule has 2 N–H and O–H groups in total. The number of phenols is 1. The van der Waals surface area contributed by atoms with E-state index in [-0.39, 0.29) is 22.4 Å². The summed E-state index contributed by atoms with van der Waals surface area (Å²) in [6.07, 6.45) is 12.8. The highest BCUT2D eigenvalue weighted by Crippen LogP contribution is 2.38. The number of phenolic OH excluding ortho intramolecular Hbond substituents is 1. The number of carbonyl (C=O) groups is 1. The van der Waals surface area contributed by atoms with Gasteiger partial charge in [-0.15, -0.1) is 0 Å². The molecule has 0 spiro atoms. The Morgan fingerprint density at radius 3 is 2.08 bits per heavy atom. The van der Waals surface area contributed by atoms with Crippen LogP contribution in [0.25, 0.3) is 0 Å². The molecule has 1 aromatic rings. The Balaban J connectivity index is 2.18. The van der Waals surface area contributed by atoms with Crippen LogP contribution in [0, 0.1) is 6.92 Å². The lowest BCUT2D eigenvalue weighted by atomic mass is 10.1. The molecule has 142 valence electrons. The van der Waals surface area contributed by atoms with Gasteiger partial charge in [0.25, 0.3) is 0 Å². The van der Waals surface area contributed by atoms with E-state index in [0.29, 0.717) is 17.0 Å². The lowest BCUT2D eigenvalue weighted by molar-refractivity contribution is -0.116. The average Bonchev–Trinajstić information content (AvgIpc) is 2.59. The van der Waals surface area contributed by atoms with Gasteiger partial charge in [-0.3, -0.25) is 4.79 Å². The highest BCUT2D eigenvalue weighted by atomic mass is 35.5. The molecule has 0 atom stereocenters. The summed E-state index contributed by atoms with van der Waals surface area (Å²) in [5, 5.41) is 13.3. The van der Waals surface area contributed by atoms with Gasteiger partial charge in [-0.1, -0.05) is 87.9 Å². The van der Waals surface area contributed by atoms with Gasteiger partial charge >= 0.3 is 0 Å². The Morgan fingerprint density at radius 1 is 1.00 bits per heavy atom. The van der Waals surface area contributed by atoms with Crippen LogP contribution in [0.5, 0.6) is 5.75 Å². The van der Waals surface area contributed by atoms with Gasteiger partial charge in [0, 0.05) is 11.4 Å². The highest BCUT2D eigenvalue weighted by Gasteiger charge is 2.14. The molecule has 0 aliphatic carbocycles. The van der Waals surface area contributed by atoms with E-state index in [9.17, 15) is 9.90 Å². The second-order valence-electron chi connectivity index (χ2n) is 6.67. The molecule has 0 saturated heterocycles. The summed E-state index contributed by atoms with van der Waals surface area (Å²) in [5.74, 6) is -0.245. The number of nitrogens with one attached hydrogen (secondary N) is 1. The van der Waals surface area contributed by atoms with Crippen molar-refractivity contribution in [2.75, 3.05) is 5.32 Å². The lowest BCUT2D eigenvalue weighted by Gasteiger charge is -2.11. The van der Waals surface area contributed by atoms with Gasteiger partial charge in [-0.2, -0.15) is 0 Å². The summed E-state index contributed by atoms with van der Waals surface area (Å²) < 4.78 is 0. The number of aromatic hydroxyl groups is 1. The predicted octanol–water partition coefficient (Wildman–Crippen LogP) is 7.26. The normalized spacial score (nSPS) is 10.9. The number of anilines is 1. The Morgan fingerprint density at radius 2 is 1.52 bits per heavy atom. The smallest absolute Gasteiger partial charge is 0.224 e. The van der Waals surface area contributed by atoms with Crippen LogP contribution in [0.3, 0.4) is 0 Å². The second kappa shape index (κ2) is 12.4. The average molecular weight is 388 g/mol. The minimum Gasteiger partial charge on any atom is -0.504 e. The van der Waals surface area contributed by atoms with Gasteiger partial charge in [0.2, 0.25) is 5.91 Å². The molecule has 3 nitrogen and oxygen atoms in total. The fraction of sp³-hybridized carbons (Fsp3) is 0.650. The van der Waals surface area contributed by atoms with E-state index in [2.05, 4.69) is 12.2 Å². The van der Waals surface area contributed by atoms with Crippen molar-refractivity contribution in [1.82, 2.24) is 0 Å². The van der Waals surface area contributed by atoms with Gasteiger partial charge in [-0.25, -0.2) is 0 Å². The van der Waals surface area contributed by atoms with E-state index in [1.807, 2.05) is 0 Å². The van der Waals surface area contributed by atoms with E-state index in [0.717, 1.165) is 12.8 Å². The molecule has 0 radical (unpaired) electrons. The summed E-state index contributed by atoms with van der Waals surface area (Å²) in [4.78, 5) is 12.0. The Kier molecular flexibility index (Phi) is 11.0. The molecule has 1 rings (SSSR count). The summed E-state index contributed by atoms with van der Waals surface area (Å²) in [7, 11) is 0. The number of halogens is 2. The van der Waals surface area contributed by atoms with Crippen molar-refractivity contribution < 1.29 is 9.90 Å². The van der Waals surface area contributed by atoms with Crippen molar-refractivity contribution in [2.45, 2.75) is 84.5 Å². The van der Waals surface area contributed by atoms with E-state index in [4.69, 9.17) is 23.2 Å². The molecule has 0 aliphatic heterocycles. The SMILES string of the molecule is CCCCCCCCCCCCC(=O)Nc1cc(Cl)c(C)c(Cl)c1O. The molecule has 0 aromatic heterocycles. The molecule has 25 heavy (non-hydrogen) atoms. The van der Waals surface area contributed by atoms with Crippen molar-refractivity contribution in [2.24, 2.45) is 0 Å². The van der Waals surface area contributed by atoms with Gasteiger partial charge in [0.1, 0.15) is 0 Å². The number of hydrogen-bond acceptors (Lipinski definition) is 2. The van der Waals surface area contributed by atoms with Gasteiger partial charge in [0.05, 0.1) is 10.7 Å². The zero-order valence-corrected chi connectivity index (χ0v) is 17.0. The predicted molar refractivity (Wildman–Crippen MR) is 108 cm³/mol. The van der Waals surface area contributed by atoms with Crippen molar-refractivity contribution in [3.63, 3.8) is 0 Å². The van der Waals surface area contributed by atoms with Crippen LogP contribution in [0.15, 0.2) is 6.07 Å². The van der Waals surface area contributed by atoms with Crippen LogP contribution >= 0.6 is 23.2 Å². The fourth-order valence-electron chi connectivity index (χ4n) is 2.78. The molecular weight excluding hydrogens is 357 g/mol. The maximum absolute atomic E-state index is 12.0. The van der Waals surface area contributed by atoms with E-state index < -0.39 is 0 Å². The zero-order chi connectivity index (χ0) is 18.7. The molecule has 5 heteroatoms. The van der Waals surface area contributed by atoms with Crippen molar-refractivity contribution in [3.8, 4) is 5.75 Å². The fourth-order valence-corrected chi connectivity index (χ4v) is 3.24. The van der Waals surface area contributed by atoms with Gasteiger partial charge in [0.15, 0.2) is 5.75 Å². The van der Waals surface area contributed by atoms with Crippen LogP contribution in [-0.2, 0) is 4.79 Å². The number of carbonyl (C=O) groups excluding carboxylic acids is 1. The Hall–Kier alpha value is -0.930. The number of unbranched alkanes of at least 4 members (excludes halogenated alkanes) is 9. The van der Waals surface area contributed by atoms with Crippen molar-refractivity contribution >= 4 is 34.8 Å². The minimum atomic E-state index is -0.125. The van der Waals surface area contributed by atoms with Crippen LogP contribution < -0.4 is 5.32 Å². The molecule has 1 amide bonds. The molecule has 0 bridgehead atoms. The van der Waals surface area contributed by atoms with Crippen LogP contribution in [0.4, 0.5) is 5.69 Å². The summed E-state index contributed by atoms with van der Waals surface area (Å²) in [5.41, 5.74) is 0.881. The first-order chi connectivity index (χ1) is 12.0. The quantitative estimate of drug-likeness (QED) is 0.292. The molecule has 0 aliphatic rings. The molecule has 1 aromatic carbocycles. The number of amides is 1. The number of rotatable bonds is 12. The summed E-state index contributed by atoms with van der Waals surface area (Å²) in [6, 6.07) is 1.54. The van der Waals surface area contributed by atoms with Gasteiger partial charge < -0.3 is 10.4 Å². The second-order valence-corrected chi connectivity index (χ2v) is 7.46. The first-order valence-electron chi connectivity index (χ1n) is 9.44. The monoisotopic (exact) mass is 387 g/mol. The van der Waals surface area contributed by atoms with Crippen LogP contribution in [0.1, 0.15) is 83.1 Å². The lowest BCUT2D eigenvalue weighted by Crippen LogP contribution is -2.11. The number of benzene rings is 1. The maximum atomic E-state index is 12.0. The molecule has 0 unspecified atom stereocenters. The van der Waals surface area contributed by atoms with Gasteiger partial charge in [-0.05, 0) is 25.0 Å². The van der Waals surface area contributed by atoms with Crippen molar-refractivity contribution in [3.05, 3.63) is 21.7 Å². The third-order valence-electron chi connectivity index (χ3n) is 4.45. The summed E-state index contributed by atoms with van der Waals surface area (Å²) >= 11 is 12.0. The molecular formula is C20H31Cl2NO2. The molecule has 0 fully saturated rings. The Labute approximate surface area is 162 Å². The van der Waals surface area contributed by atoms with E-state index in [1.165, 1.54) is 57.4 Å². The third-order valence-corrected chi connectivity index (χ3v) is 5.31. The first-order valence-corrected chi connectivity index (χ1v) is 10.2. The highest BCUT2D eigenvalue weighted by molar-refractivity contribution is 6.37. The standard InChI is InChI=1S/C20H31Cl2NO2/c1-3-4-5-6-7-8-9-10-11-12-13-18(24)23-17-14-16(21)15(2)19(22)20(17)25/h14,25H,3-13H2,1-2H3,(H,23,24). The van der Waals surface area contributed by atoms with E-state index >= 15 is 0 Å². The minimum absolute atomic E-state index is 0.120. The topological polar surface area (TPSA) is 49.3 Å². The first kappa shape index (κ1) is 22.1. The Bertz CT molecular complexity index is 547. The van der Waals surface area contributed by atoms with Crippen molar-refractivity contribution in [1.29, 1.82) is 0 Å². The van der Waals surface area contributed by atoms with Crippen LogP contribution in [-0.4, -0.2) is 11.0 Å². The molecule has 0 heterocycles. The summed E-state index contributed by atoms with van der Waals surface area (Å²) in [6.45, 7) is 3.96. The van der Waals surface area contributed by atoms with E-state index in [1.54, 1.807) is 6.92 Å². The zero-order valence-electron chi connectivity index (χ0n) is 15.5. The number of hydrogen-bond donors (Lipinski definition) is 2. The largest absolute Gasteiger partial charge is 0.504 e.